The molecule has 2 aromatic carbocycles. The number of allylic oxidation sites excluding steroid dienone is 1. The van der Waals surface area contributed by atoms with Crippen LogP contribution in [0, 0.1) is 0 Å². The highest BCUT2D eigenvalue weighted by Gasteiger charge is 2.20. The lowest BCUT2D eigenvalue weighted by Crippen LogP contribution is -2.31. The first kappa shape index (κ1) is 18.6. The SMILES string of the molecule is O=C(C=C(CC(=O)c1ccccc1)N1CCCC1)NC(=O)c1ccccc1. The first-order valence-corrected chi connectivity index (χ1v) is 9.07. The summed E-state index contributed by atoms with van der Waals surface area (Å²) in [5.41, 5.74) is 1.69. The van der Waals surface area contributed by atoms with E-state index < -0.39 is 11.8 Å². The molecular formula is C22H22N2O3. The number of hydrogen-bond donors (Lipinski definition) is 1. The minimum absolute atomic E-state index is 0.0454. The molecule has 5 nitrogen and oxygen atoms in total. The fourth-order valence-electron chi connectivity index (χ4n) is 3.11. The van der Waals surface area contributed by atoms with Crippen LogP contribution in [0.5, 0.6) is 0 Å². The van der Waals surface area contributed by atoms with Crippen molar-refractivity contribution in [2.45, 2.75) is 19.3 Å². The summed E-state index contributed by atoms with van der Waals surface area (Å²) in [5.74, 6) is -1.01. The quantitative estimate of drug-likeness (QED) is 0.633. The summed E-state index contributed by atoms with van der Waals surface area (Å²) in [7, 11) is 0. The molecule has 1 fully saturated rings. The normalized spacial score (nSPS) is 14.1. The van der Waals surface area contributed by atoms with Crippen molar-refractivity contribution in [1.82, 2.24) is 10.2 Å². The Kier molecular flexibility index (Phi) is 6.15. The third kappa shape index (κ3) is 5.14. The van der Waals surface area contributed by atoms with E-state index in [0.29, 0.717) is 16.8 Å². The van der Waals surface area contributed by atoms with Crippen molar-refractivity contribution < 1.29 is 14.4 Å². The van der Waals surface area contributed by atoms with Crippen LogP contribution in [0.3, 0.4) is 0 Å². The Morgan fingerprint density at radius 1 is 0.852 bits per heavy atom. The van der Waals surface area contributed by atoms with E-state index in [1.165, 1.54) is 6.08 Å². The van der Waals surface area contributed by atoms with Crippen LogP contribution < -0.4 is 5.32 Å². The molecule has 2 amide bonds. The minimum atomic E-state index is -0.508. The molecule has 1 saturated heterocycles. The highest BCUT2D eigenvalue weighted by atomic mass is 16.2. The Bertz CT molecular complexity index is 838. The zero-order valence-corrected chi connectivity index (χ0v) is 15.1. The van der Waals surface area contributed by atoms with Gasteiger partial charge in [-0.15, -0.1) is 0 Å². The van der Waals surface area contributed by atoms with E-state index >= 15 is 0 Å². The van der Waals surface area contributed by atoms with Gasteiger partial charge in [-0.25, -0.2) is 0 Å². The molecule has 0 atom stereocenters. The first-order valence-electron chi connectivity index (χ1n) is 9.07. The van der Waals surface area contributed by atoms with Gasteiger partial charge in [0, 0.05) is 36.0 Å². The van der Waals surface area contributed by atoms with Gasteiger partial charge >= 0.3 is 0 Å². The molecule has 138 valence electrons. The predicted octanol–water partition coefficient (Wildman–Crippen LogP) is 3.20. The summed E-state index contributed by atoms with van der Waals surface area (Å²) >= 11 is 0. The van der Waals surface area contributed by atoms with Gasteiger partial charge in [0.25, 0.3) is 11.8 Å². The number of nitrogens with zero attached hydrogens (tertiary/aromatic N) is 1. The van der Waals surface area contributed by atoms with Gasteiger partial charge in [0.15, 0.2) is 5.78 Å². The minimum Gasteiger partial charge on any atom is -0.374 e. The van der Waals surface area contributed by atoms with Crippen molar-refractivity contribution in [3.8, 4) is 0 Å². The second-order valence-corrected chi connectivity index (χ2v) is 6.48. The van der Waals surface area contributed by atoms with E-state index in [9.17, 15) is 14.4 Å². The highest BCUT2D eigenvalue weighted by Crippen LogP contribution is 2.19. The van der Waals surface area contributed by atoms with Crippen molar-refractivity contribution in [3.63, 3.8) is 0 Å². The van der Waals surface area contributed by atoms with Crippen LogP contribution in [-0.2, 0) is 4.79 Å². The first-order chi connectivity index (χ1) is 13.1. The summed E-state index contributed by atoms with van der Waals surface area (Å²) < 4.78 is 0. The predicted molar refractivity (Wildman–Crippen MR) is 103 cm³/mol. The standard InChI is InChI=1S/C22H22N2O3/c25-20(17-9-3-1-4-10-17)15-19(24-13-7-8-14-24)16-21(26)23-22(27)18-11-5-2-6-12-18/h1-6,9-12,16H,7-8,13-15H2,(H,23,26,27). The summed E-state index contributed by atoms with van der Waals surface area (Å²) in [6.07, 6.45) is 3.58. The van der Waals surface area contributed by atoms with Gasteiger partial charge in [0.1, 0.15) is 0 Å². The molecule has 2 aromatic rings. The Hall–Kier alpha value is -3.21. The smallest absolute Gasteiger partial charge is 0.258 e. The zero-order valence-electron chi connectivity index (χ0n) is 15.1. The fraction of sp³-hybridized carbons (Fsp3) is 0.227. The number of carbonyl (C=O) groups is 3. The molecule has 1 aliphatic heterocycles. The van der Waals surface area contributed by atoms with E-state index in [1.54, 1.807) is 42.5 Å². The number of nitrogens with one attached hydrogen (secondary N) is 1. The molecule has 1 aliphatic rings. The number of hydrogen-bond acceptors (Lipinski definition) is 4. The van der Waals surface area contributed by atoms with Crippen LogP contribution in [0.4, 0.5) is 0 Å². The van der Waals surface area contributed by atoms with Crippen LogP contribution in [0.1, 0.15) is 40.0 Å². The van der Waals surface area contributed by atoms with E-state index in [1.807, 2.05) is 23.1 Å². The van der Waals surface area contributed by atoms with Crippen LogP contribution in [0.15, 0.2) is 72.4 Å². The molecule has 1 heterocycles. The van der Waals surface area contributed by atoms with Crippen molar-refractivity contribution in [3.05, 3.63) is 83.6 Å². The Balaban J connectivity index is 1.73. The molecule has 27 heavy (non-hydrogen) atoms. The molecular weight excluding hydrogens is 340 g/mol. The summed E-state index contributed by atoms with van der Waals surface area (Å²) in [6.45, 7) is 1.63. The third-order valence-corrected chi connectivity index (χ3v) is 4.52. The maximum atomic E-state index is 12.6. The molecule has 0 radical (unpaired) electrons. The van der Waals surface area contributed by atoms with E-state index in [2.05, 4.69) is 5.32 Å². The van der Waals surface area contributed by atoms with Crippen molar-refractivity contribution in [2.24, 2.45) is 0 Å². The van der Waals surface area contributed by atoms with Crippen LogP contribution in [-0.4, -0.2) is 35.6 Å². The van der Waals surface area contributed by atoms with E-state index in [4.69, 9.17) is 0 Å². The molecule has 1 N–H and O–H groups in total. The number of ketones is 1. The number of carbonyl (C=O) groups excluding carboxylic acids is 3. The number of benzene rings is 2. The maximum absolute atomic E-state index is 12.6. The number of rotatable bonds is 6. The molecule has 3 rings (SSSR count). The molecule has 0 unspecified atom stereocenters. The summed E-state index contributed by atoms with van der Waals surface area (Å²) in [4.78, 5) is 39.1. The lowest BCUT2D eigenvalue weighted by Gasteiger charge is -2.21. The summed E-state index contributed by atoms with van der Waals surface area (Å²) in [5, 5.41) is 2.37. The van der Waals surface area contributed by atoms with Crippen molar-refractivity contribution in [1.29, 1.82) is 0 Å². The highest BCUT2D eigenvalue weighted by molar-refractivity contribution is 6.08. The third-order valence-electron chi connectivity index (χ3n) is 4.52. The molecule has 0 spiro atoms. The average molecular weight is 362 g/mol. The van der Waals surface area contributed by atoms with Crippen molar-refractivity contribution >= 4 is 17.6 Å². The van der Waals surface area contributed by atoms with Gasteiger partial charge in [-0.3, -0.25) is 19.7 Å². The molecule has 0 aromatic heterocycles. The zero-order chi connectivity index (χ0) is 19.1. The Labute approximate surface area is 158 Å². The van der Waals surface area contributed by atoms with Gasteiger partial charge < -0.3 is 4.90 Å². The van der Waals surface area contributed by atoms with Gasteiger partial charge in [-0.05, 0) is 25.0 Å². The van der Waals surface area contributed by atoms with Gasteiger partial charge in [0.2, 0.25) is 0 Å². The fourth-order valence-corrected chi connectivity index (χ4v) is 3.11. The van der Waals surface area contributed by atoms with Crippen LogP contribution in [0.2, 0.25) is 0 Å². The Morgan fingerprint density at radius 2 is 1.41 bits per heavy atom. The van der Waals surface area contributed by atoms with Gasteiger partial charge in [-0.2, -0.15) is 0 Å². The Morgan fingerprint density at radius 3 is 2.00 bits per heavy atom. The van der Waals surface area contributed by atoms with Crippen LogP contribution >= 0.6 is 0 Å². The topological polar surface area (TPSA) is 66.5 Å². The monoisotopic (exact) mass is 362 g/mol. The molecule has 0 saturated carbocycles. The van der Waals surface area contributed by atoms with Gasteiger partial charge in [-0.1, -0.05) is 48.5 Å². The second-order valence-electron chi connectivity index (χ2n) is 6.48. The molecule has 0 bridgehead atoms. The van der Waals surface area contributed by atoms with E-state index in [0.717, 1.165) is 25.9 Å². The number of Topliss-reactive ketones (excluding diaryl/α,β-unsaturated/α-hetero) is 1. The second kappa shape index (κ2) is 8.94. The number of likely N-dealkylation sites (tertiary alicyclic amines) is 1. The largest absolute Gasteiger partial charge is 0.374 e. The lowest BCUT2D eigenvalue weighted by molar-refractivity contribution is -0.115. The summed E-state index contributed by atoms with van der Waals surface area (Å²) in [6, 6.07) is 17.6. The molecule has 0 aliphatic carbocycles. The maximum Gasteiger partial charge on any atom is 0.258 e. The average Bonchev–Trinajstić information content (AvgIpc) is 3.23. The number of amides is 2. The number of imide groups is 1. The molecule has 5 heteroatoms. The lowest BCUT2D eigenvalue weighted by atomic mass is 10.1. The van der Waals surface area contributed by atoms with Crippen LogP contribution in [0.25, 0.3) is 0 Å². The van der Waals surface area contributed by atoms with E-state index in [-0.39, 0.29) is 12.2 Å². The van der Waals surface area contributed by atoms with Crippen molar-refractivity contribution in [2.75, 3.05) is 13.1 Å². The van der Waals surface area contributed by atoms with Gasteiger partial charge in [0.05, 0.1) is 6.42 Å².